The van der Waals surface area contributed by atoms with Crippen LogP contribution in [0.1, 0.15) is 11.1 Å². The van der Waals surface area contributed by atoms with Crippen LogP contribution in [-0.2, 0) is 21.4 Å². The molecule has 0 atom stereocenters. The molecule has 0 unspecified atom stereocenters. The summed E-state index contributed by atoms with van der Waals surface area (Å²) in [5.41, 5.74) is 2.41. The van der Waals surface area contributed by atoms with Crippen molar-refractivity contribution in [2.24, 2.45) is 4.40 Å². The van der Waals surface area contributed by atoms with Gasteiger partial charge in [0.2, 0.25) is 0 Å². The maximum Gasteiger partial charge on any atom is 0.256 e. The highest BCUT2D eigenvalue weighted by Crippen LogP contribution is 2.16. The number of pyridine rings is 1. The molecule has 3 rings (SSSR count). The van der Waals surface area contributed by atoms with Crippen LogP contribution in [0.3, 0.4) is 0 Å². The average Bonchev–Trinajstić information content (AvgIpc) is 2.51. The third-order valence-electron chi connectivity index (χ3n) is 3.47. The molecule has 1 N–H and O–H groups in total. The van der Waals surface area contributed by atoms with Gasteiger partial charge in [0, 0.05) is 31.7 Å². The first kappa shape index (κ1) is 15.4. The van der Waals surface area contributed by atoms with Gasteiger partial charge < -0.3 is 10.2 Å². The molecule has 2 aliphatic rings. The van der Waals surface area contributed by atoms with Crippen molar-refractivity contribution in [3.8, 4) is 0 Å². The lowest BCUT2D eigenvalue weighted by atomic mass is 10.1. The van der Waals surface area contributed by atoms with Crippen molar-refractivity contribution in [1.82, 2.24) is 15.2 Å². The Hall–Kier alpha value is -2.48. The fourth-order valence-electron chi connectivity index (χ4n) is 2.33. The second-order valence-electron chi connectivity index (χ2n) is 5.40. The van der Waals surface area contributed by atoms with E-state index in [1.165, 1.54) is 0 Å². The van der Waals surface area contributed by atoms with Gasteiger partial charge in [0.25, 0.3) is 15.9 Å². The highest BCUT2D eigenvalue weighted by Gasteiger charge is 2.24. The van der Waals surface area contributed by atoms with Crippen molar-refractivity contribution in [3.05, 3.63) is 53.5 Å². The minimum absolute atomic E-state index is 0.0509. The van der Waals surface area contributed by atoms with Gasteiger partial charge in [-0.15, -0.1) is 4.40 Å². The number of sulfonamides is 1. The number of hydrogen-bond acceptors (Lipinski definition) is 5. The normalized spacial score (nSPS) is 18.7. The molecule has 0 spiro atoms. The van der Waals surface area contributed by atoms with E-state index >= 15 is 0 Å². The van der Waals surface area contributed by atoms with E-state index in [1.54, 1.807) is 35.6 Å². The zero-order chi connectivity index (χ0) is 16.4. The maximum absolute atomic E-state index is 12.2. The van der Waals surface area contributed by atoms with Gasteiger partial charge in [-0.1, -0.05) is 6.07 Å². The van der Waals surface area contributed by atoms with Gasteiger partial charge in [0.1, 0.15) is 5.84 Å². The van der Waals surface area contributed by atoms with Crippen molar-refractivity contribution in [2.75, 3.05) is 12.3 Å². The predicted molar refractivity (Wildman–Crippen MR) is 86.0 cm³/mol. The lowest BCUT2D eigenvalue weighted by Crippen LogP contribution is -2.38. The summed E-state index contributed by atoms with van der Waals surface area (Å²) in [4.78, 5) is 18.0. The van der Waals surface area contributed by atoms with E-state index in [-0.39, 0.29) is 11.7 Å². The molecule has 3 heterocycles. The molecule has 2 aliphatic heterocycles. The molecule has 7 nitrogen and oxygen atoms in total. The van der Waals surface area contributed by atoms with Gasteiger partial charge in [0.05, 0.1) is 11.3 Å². The summed E-state index contributed by atoms with van der Waals surface area (Å²) >= 11 is 0. The summed E-state index contributed by atoms with van der Waals surface area (Å²) in [5.74, 6) is 0.0657. The number of rotatable bonds is 3. The summed E-state index contributed by atoms with van der Waals surface area (Å²) in [6.07, 6.45) is 8.19. The molecular formula is C15H16N4O3S. The van der Waals surface area contributed by atoms with Gasteiger partial charge in [-0.25, -0.2) is 8.42 Å². The molecule has 23 heavy (non-hydrogen) atoms. The molecule has 0 fully saturated rings. The van der Waals surface area contributed by atoms with Crippen molar-refractivity contribution < 1.29 is 13.2 Å². The maximum atomic E-state index is 12.2. The first-order valence-electron chi connectivity index (χ1n) is 7.11. The Bertz CT molecular complexity index is 840. The number of fused-ring (bicyclic) bond motifs is 1. The van der Waals surface area contributed by atoms with Crippen LogP contribution in [-0.4, -0.2) is 42.3 Å². The second-order valence-corrected chi connectivity index (χ2v) is 7.15. The Balaban J connectivity index is 1.68. The smallest absolute Gasteiger partial charge is 0.256 e. The van der Waals surface area contributed by atoms with Gasteiger partial charge in [-0.3, -0.25) is 9.78 Å². The predicted octanol–water partition coefficient (Wildman–Crippen LogP) is 0.504. The van der Waals surface area contributed by atoms with Crippen LogP contribution >= 0.6 is 0 Å². The van der Waals surface area contributed by atoms with Crippen molar-refractivity contribution in [1.29, 1.82) is 0 Å². The zero-order valence-corrected chi connectivity index (χ0v) is 13.4. The number of aryl methyl sites for hydroxylation is 1. The fraction of sp³-hybridized carbons (Fsp3) is 0.267. The minimum Gasteiger partial charge on any atom is -0.348 e. The van der Waals surface area contributed by atoms with Crippen LogP contribution in [0.2, 0.25) is 0 Å². The number of aromatic nitrogens is 1. The van der Waals surface area contributed by atoms with E-state index in [0.717, 1.165) is 11.1 Å². The molecule has 8 heteroatoms. The topological polar surface area (TPSA) is 91.7 Å². The number of nitrogens with zero attached hydrogens (tertiary/aromatic N) is 3. The molecule has 0 aliphatic carbocycles. The number of carbonyl (C=O) groups is 1. The molecule has 1 aromatic rings. The van der Waals surface area contributed by atoms with Crippen molar-refractivity contribution in [3.63, 3.8) is 0 Å². The van der Waals surface area contributed by atoms with Gasteiger partial charge in [0.15, 0.2) is 0 Å². The number of amides is 1. The molecule has 0 saturated heterocycles. The Morgan fingerprint density at radius 2 is 2.17 bits per heavy atom. The summed E-state index contributed by atoms with van der Waals surface area (Å²) in [6.45, 7) is 2.62. The molecule has 1 amide bonds. The van der Waals surface area contributed by atoms with Gasteiger partial charge in [-0.05, 0) is 30.2 Å². The molecule has 120 valence electrons. The summed E-state index contributed by atoms with van der Waals surface area (Å²) in [5, 5.41) is 2.82. The van der Waals surface area contributed by atoms with Gasteiger partial charge >= 0.3 is 0 Å². The van der Waals surface area contributed by atoms with E-state index in [2.05, 4.69) is 14.7 Å². The SMILES string of the molecule is Cc1cncc(CNC(=O)C2=CN3CCS(=O)(=O)N=C3C=C2)c1. The largest absolute Gasteiger partial charge is 0.348 e. The Kier molecular flexibility index (Phi) is 3.99. The van der Waals surface area contributed by atoms with E-state index in [4.69, 9.17) is 0 Å². The third kappa shape index (κ3) is 3.65. The number of nitrogens with one attached hydrogen (secondary N) is 1. The third-order valence-corrected chi connectivity index (χ3v) is 4.63. The average molecular weight is 332 g/mol. The van der Waals surface area contributed by atoms with Crippen molar-refractivity contribution >= 4 is 21.8 Å². The molecule has 0 radical (unpaired) electrons. The highest BCUT2D eigenvalue weighted by molar-refractivity contribution is 7.90. The van der Waals surface area contributed by atoms with Crippen LogP contribution in [0.15, 0.2) is 46.8 Å². The molecule has 0 saturated carbocycles. The van der Waals surface area contributed by atoms with E-state index in [1.807, 2.05) is 13.0 Å². The monoisotopic (exact) mass is 332 g/mol. The summed E-state index contributed by atoms with van der Waals surface area (Å²) < 4.78 is 26.6. The molecule has 1 aromatic heterocycles. The van der Waals surface area contributed by atoms with Crippen LogP contribution in [0, 0.1) is 6.92 Å². The summed E-state index contributed by atoms with van der Waals surface area (Å²) in [6, 6.07) is 1.96. The van der Waals surface area contributed by atoms with Crippen LogP contribution in [0.4, 0.5) is 0 Å². The summed E-state index contributed by atoms with van der Waals surface area (Å²) in [7, 11) is -3.38. The van der Waals surface area contributed by atoms with Crippen molar-refractivity contribution in [2.45, 2.75) is 13.5 Å². The zero-order valence-electron chi connectivity index (χ0n) is 12.6. The van der Waals surface area contributed by atoms with Crippen LogP contribution < -0.4 is 5.32 Å². The second kappa shape index (κ2) is 5.96. The number of carbonyl (C=O) groups excluding carboxylic acids is 1. The van der Waals surface area contributed by atoms with E-state index in [9.17, 15) is 13.2 Å². The van der Waals surface area contributed by atoms with E-state index < -0.39 is 10.0 Å². The Morgan fingerprint density at radius 1 is 1.35 bits per heavy atom. The van der Waals surface area contributed by atoms with Crippen LogP contribution in [0.5, 0.6) is 0 Å². The fourth-order valence-corrected chi connectivity index (χ4v) is 3.30. The lowest BCUT2D eigenvalue weighted by molar-refractivity contribution is -0.117. The standard InChI is InChI=1S/C15H16N4O3S/c1-11-6-12(8-16-7-11)9-17-15(20)13-2-3-14-18-23(21,22)5-4-19(14)10-13/h2-3,6-8,10H,4-5,9H2,1H3,(H,17,20). The molecule has 0 aromatic carbocycles. The highest BCUT2D eigenvalue weighted by atomic mass is 32.2. The Labute approximate surface area is 134 Å². The lowest BCUT2D eigenvalue weighted by Gasteiger charge is -2.26. The van der Waals surface area contributed by atoms with Crippen LogP contribution in [0.25, 0.3) is 0 Å². The number of hydrogen-bond donors (Lipinski definition) is 1. The molecular weight excluding hydrogens is 316 g/mol. The van der Waals surface area contributed by atoms with Gasteiger partial charge in [-0.2, -0.15) is 0 Å². The number of amidine groups is 1. The van der Waals surface area contributed by atoms with E-state index in [0.29, 0.717) is 24.5 Å². The minimum atomic E-state index is -3.38. The first-order valence-corrected chi connectivity index (χ1v) is 8.72. The molecule has 0 bridgehead atoms. The quantitative estimate of drug-likeness (QED) is 0.870. The first-order chi connectivity index (χ1) is 10.9. The Morgan fingerprint density at radius 3 is 2.96 bits per heavy atom.